The van der Waals surface area contributed by atoms with Crippen LogP contribution in [0.2, 0.25) is 0 Å². The number of rotatable bonds is 3. The molecule has 1 aliphatic rings. The lowest BCUT2D eigenvalue weighted by Gasteiger charge is -2.32. The zero-order chi connectivity index (χ0) is 16.3. The van der Waals surface area contributed by atoms with Gasteiger partial charge in [-0.15, -0.1) is 0 Å². The SMILES string of the molecule is CC1CCN(C(=O)[C@@H](C)Oc2ccc(C(C)(C)C)cc2)CC1. The molecule has 1 aliphatic heterocycles. The van der Waals surface area contributed by atoms with Crippen molar-refractivity contribution in [2.75, 3.05) is 13.1 Å². The molecule has 0 saturated carbocycles. The highest BCUT2D eigenvalue weighted by atomic mass is 16.5. The minimum absolute atomic E-state index is 0.104. The molecule has 1 aromatic rings. The van der Waals surface area contributed by atoms with Gasteiger partial charge in [-0.2, -0.15) is 0 Å². The minimum atomic E-state index is -0.422. The highest BCUT2D eigenvalue weighted by molar-refractivity contribution is 5.81. The fourth-order valence-corrected chi connectivity index (χ4v) is 2.77. The standard InChI is InChI=1S/C19H29NO2/c1-14-10-12-20(13-11-14)18(21)15(2)22-17-8-6-16(7-9-17)19(3,4)5/h6-9,14-15H,10-13H2,1-5H3/t15-/m1/s1. The van der Waals surface area contributed by atoms with Crippen molar-refractivity contribution in [3.8, 4) is 5.75 Å². The van der Waals surface area contributed by atoms with Gasteiger partial charge < -0.3 is 9.64 Å². The Balaban J connectivity index is 1.93. The predicted octanol–water partition coefficient (Wildman–Crippen LogP) is 4.01. The summed E-state index contributed by atoms with van der Waals surface area (Å²) in [6.45, 7) is 12.4. The van der Waals surface area contributed by atoms with Crippen LogP contribution in [0.4, 0.5) is 0 Å². The van der Waals surface area contributed by atoms with E-state index in [9.17, 15) is 4.79 Å². The van der Waals surface area contributed by atoms with Crippen LogP contribution in [0.25, 0.3) is 0 Å². The molecule has 1 saturated heterocycles. The van der Waals surface area contributed by atoms with Gasteiger partial charge in [-0.25, -0.2) is 0 Å². The number of ether oxygens (including phenoxy) is 1. The number of carbonyl (C=O) groups is 1. The molecule has 22 heavy (non-hydrogen) atoms. The van der Waals surface area contributed by atoms with Gasteiger partial charge in [-0.05, 0) is 48.8 Å². The van der Waals surface area contributed by atoms with Gasteiger partial charge in [-0.3, -0.25) is 4.79 Å². The summed E-state index contributed by atoms with van der Waals surface area (Å²) in [5.74, 6) is 1.59. The van der Waals surface area contributed by atoms with E-state index in [4.69, 9.17) is 4.74 Å². The quantitative estimate of drug-likeness (QED) is 0.844. The summed E-state index contributed by atoms with van der Waals surface area (Å²) in [7, 11) is 0. The first-order chi connectivity index (χ1) is 10.3. The summed E-state index contributed by atoms with van der Waals surface area (Å²) in [6, 6.07) is 8.08. The topological polar surface area (TPSA) is 29.5 Å². The zero-order valence-electron chi connectivity index (χ0n) is 14.6. The molecule has 0 unspecified atom stereocenters. The van der Waals surface area contributed by atoms with Gasteiger partial charge in [0.15, 0.2) is 6.10 Å². The van der Waals surface area contributed by atoms with E-state index in [-0.39, 0.29) is 11.3 Å². The van der Waals surface area contributed by atoms with Crippen LogP contribution in [0.5, 0.6) is 5.75 Å². The molecule has 0 N–H and O–H groups in total. The average Bonchev–Trinajstić information content (AvgIpc) is 2.47. The van der Waals surface area contributed by atoms with Gasteiger partial charge in [0.1, 0.15) is 5.75 Å². The number of amides is 1. The van der Waals surface area contributed by atoms with E-state index in [1.54, 1.807) is 0 Å². The largest absolute Gasteiger partial charge is 0.481 e. The van der Waals surface area contributed by atoms with Crippen molar-refractivity contribution in [3.05, 3.63) is 29.8 Å². The van der Waals surface area contributed by atoms with E-state index in [1.165, 1.54) is 5.56 Å². The summed E-state index contributed by atoms with van der Waals surface area (Å²) >= 11 is 0. The van der Waals surface area contributed by atoms with Crippen molar-refractivity contribution in [1.82, 2.24) is 4.90 Å². The maximum Gasteiger partial charge on any atom is 0.263 e. The molecule has 122 valence electrons. The third-order valence-electron chi connectivity index (χ3n) is 4.48. The van der Waals surface area contributed by atoms with Crippen LogP contribution in [0.3, 0.4) is 0 Å². The molecule has 1 heterocycles. The fourth-order valence-electron chi connectivity index (χ4n) is 2.77. The summed E-state index contributed by atoms with van der Waals surface area (Å²) < 4.78 is 5.83. The summed E-state index contributed by atoms with van der Waals surface area (Å²) in [4.78, 5) is 14.4. The van der Waals surface area contributed by atoms with Crippen molar-refractivity contribution in [3.63, 3.8) is 0 Å². The molecule has 1 atom stereocenters. The second-order valence-corrected chi connectivity index (χ2v) is 7.54. The number of hydrogen-bond acceptors (Lipinski definition) is 2. The van der Waals surface area contributed by atoms with Crippen LogP contribution >= 0.6 is 0 Å². The van der Waals surface area contributed by atoms with E-state index in [0.717, 1.165) is 37.6 Å². The smallest absolute Gasteiger partial charge is 0.263 e. The lowest BCUT2D eigenvalue weighted by atomic mass is 9.87. The first-order valence-corrected chi connectivity index (χ1v) is 8.33. The van der Waals surface area contributed by atoms with Crippen molar-refractivity contribution >= 4 is 5.91 Å². The lowest BCUT2D eigenvalue weighted by Crippen LogP contribution is -2.44. The van der Waals surface area contributed by atoms with Crippen molar-refractivity contribution in [2.45, 2.75) is 59.0 Å². The summed E-state index contributed by atoms with van der Waals surface area (Å²) in [5, 5.41) is 0. The van der Waals surface area contributed by atoms with Crippen molar-refractivity contribution < 1.29 is 9.53 Å². The Labute approximate surface area is 134 Å². The molecule has 1 fully saturated rings. The number of likely N-dealkylation sites (tertiary alicyclic amines) is 1. The van der Waals surface area contributed by atoms with Crippen LogP contribution < -0.4 is 4.74 Å². The number of benzene rings is 1. The van der Waals surface area contributed by atoms with Crippen LogP contribution in [0, 0.1) is 5.92 Å². The highest BCUT2D eigenvalue weighted by Gasteiger charge is 2.25. The van der Waals surface area contributed by atoms with Crippen molar-refractivity contribution in [2.24, 2.45) is 5.92 Å². The van der Waals surface area contributed by atoms with Crippen LogP contribution in [0.1, 0.15) is 53.0 Å². The monoisotopic (exact) mass is 303 g/mol. The van der Waals surface area contributed by atoms with Gasteiger partial charge in [0.25, 0.3) is 5.91 Å². The molecule has 0 radical (unpaired) electrons. The van der Waals surface area contributed by atoms with E-state index < -0.39 is 6.10 Å². The molecule has 3 nitrogen and oxygen atoms in total. The van der Waals surface area contributed by atoms with Crippen LogP contribution in [-0.4, -0.2) is 30.0 Å². The Morgan fingerprint density at radius 2 is 1.73 bits per heavy atom. The molecule has 0 aliphatic carbocycles. The molecule has 0 bridgehead atoms. The summed E-state index contributed by atoms with van der Waals surface area (Å²) in [5.41, 5.74) is 1.40. The van der Waals surface area contributed by atoms with Gasteiger partial charge in [0, 0.05) is 13.1 Å². The number of hydrogen-bond donors (Lipinski definition) is 0. The first kappa shape index (κ1) is 16.9. The van der Waals surface area contributed by atoms with Crippen molar-refractivity contribution in [1.29, 1.82) is 0 Å². The highest BCUT2D eigenvalue weighted by Crippen LogP contribution is 2.25. The predicted molar refractivity (Wildman–Crippen MR) is 90.2 cm³/mol. The number of carbonyl (C=O) groups excluding carboxylic acids is 1. The lowest BCUT2D eigenvalue weighted by molar-refractivity contribution is -0.139. The Hall–Kier alpha value is -1.51. The Bertz CT molecular complexity index is 493. The molecular weight excluding hydrogens is 274 g/mol. The Morgan fingerprint density at radius 1 is 1.18 bits per heavy atom. The Morgan fingerprint density at radius 3 is 2.23 bits per heavy atom. The fraction of sp³-hybridized carbons (Fsp3) is 0.632. The average molecular weight is 303 g/mol. The van der Waals surface area contributed by atoms with Gasteiger partial charge in [0.2, 0.25) is 0 Å². The molecular formula is C19H29NO2. The van der Waals surface area contributed by atoms with E-state index in [1.807, 2.05) is 24.0 Å². The van der Waals surface area contributed by atoms with E-state index >= 15 is 0 Å². The van der Waals surface area contributed by atoms with Crippen LogP contribution in [0.15, 0.2) is 24.3 Å². The second kappa shape index (κ2) is 6.72. The number of nitrogens with zero attached hydrogens (tertiary/aromatic N) is 1. The second-order valence-electron chi connectivity index (χ2n) is 7.54. The number of piperidine rings is 1. The molecule has 0 spiro atoms. The van der Waals surface area contributed by atoms with E-state index in [2.05, 4.69) is 39.8 Å². The molecule has 1 aromatic carbocycles. The molecule has 3 heteroatoms. The normalized spacial score (nSPS) is 18.1. The van der Waals surface area contributed by atoms with Gasteiger partial charge >= 0.3 is 0 Å². The molecule has 2 rings (SSSR count). The third kappa shape index (κ3) is 4.25. The van der Waals surface area contributed by atoms with E-state index in [0.29, 0.717) is 0 Å². The maximum absolute atomic E-state index is 12.4. The van der Waals surface area contributed by atoms with Gasteiger partial charge in [-0.1, -0.05) is 39.8 Å². The zero-order valence-corrected chi connectivity index (χ0v) is 14.6. The molecule has 1 amide bonds. The van der Waals surface area contributed by atoms with Crippen LogP contribution in [-0.2, 0) is 10.2 Å². The van der Waals surface area contributed by atoms with Gasteiger partial charge in [0.05, 0.1) is 0 Å². The molecule has 0 aromatic heterocycles. The first-order valence-electron chi connectivity index (χ1n) is 8.33. The Kier molecular flexibility index (Phi) is 5.15. The summed E-state index contributed by atoms with van der Waals surface area (Å²) in [6.07, 6.45) is 1.77. The maximum atomic E-state index is 12.4. The minimum Gasteiger partial charge on any atom is -0.481 e. The third-order valence-corrected chi connectivity index (χ3v) is 4.48.